The Morgan fingerprint density at radius 2 is 0.556 bits per heavy atom. The Morgan fingerprint density at radius 3 is 0.815 bits per heavy atom. The first kappa shape index (κ1) is 33.6. The second kappa shape index (κ2) is 32.6. The fraction of sp³-hybridized carbons (Fsp3) is 1.00. The van der Waals surface area contributed by atoms with Crippen LogP contribution in [0.2, 0.25) is 0 Å². The van der Waals surface area contributed by atoms with E-state index in [2.05, 4.69) is 13.8 Å². The maximum absolute atomic E-state index is 5.78. The molecule has 27 heavy (non-hydrogen) atoms. The maximum atomic E-state index is 5.78. The summed E-state index contributed by atoms with van der Waals surface area (Å²) in [7, 11) is 0. The summed E-state index contributed by atoms with van der Waals surface area (Å²) in [5.74, 6) is 0. The first-order valence-electron chi connectivity index (χ1n) is 12.0. The predicted octanol–water partition coefficient (Wildman–Crippen LogP) is 8.08. The van der Waals surface area contributed by atoms with Gasteiger partial charge in [-0.1, -0.05) is 129 Å². The molecular formula is C24H50Na2O. The van der Waals surface area contributed by atoms with Crippen LogP contribution in [-0.4, -0.2) is 72.3 Å². The van der Waals surface area contributed by atoms with Crippen molar-refractivity contribution in [3.8, 4) is 0 Å². The number of hydrogen-bond acceptors (Lipinski definition) is 1. The van der Waals surface area contributed by atoms with E-state index in [4.69, 9.17) is 4.74 Å². The molecule has 2 radical (unpaired) electrons. The Morgan fingerprint density at radius 1 is 0.333 bits per heavy atom. The van der Waals surface area contributed by atoms with Crippen molar-refractivity contribution in [2.45, 2.75) is 142 Å². The Hall–Kier alpha value is 1.96. The van der Waals surface area contributed by atoms with Crippen LogP contribution >= 0.6 is 0 Å². The summed E-state index contributed by atoms with van der Waals surface area (Å²) in [6.07, 6.45) is 28.2. The van der Waals surface area contributed by atoms with E-state index in [0.717, 1.165) is 13.2 Å². The van der Waals surface area contributed by atoms with Crippen molar-refractivity contribution in [3.05, 3.63) is 0 Å². The zero-order valence-electron chi connectivity index (χ0n) is 20.0. The van der Waals surface area contributed by atoms with Gasteiger partial charge < -0.3 is 4.74 Å². The second-order valence-corrected chi connectivity index (χ2v) is 7.98. The van der Waals surface area contributed by atoms with Gasteiger partial charge in [0, 0.05) is 72.3 Å². The van der Waals surface area contributed by atoms with Crippen molar-refractivity contribution in [1.82, 2.24) is 0 Å². The minimum atomic E-state index is 0. The molecule has 154 valence electrons. The van der Waals surface area contributed by atoms with E-state index < -0.39 is 0 Å². The van der Waals surface area contributed by atoms with E-state index in [1.807, 2.05) is 0 Å². The van der Waals surface area contributed by atoms with E-state index in [9.17, 15) is 0 Å². The first-order valence-corrected chi connectivity index (χ1v) is 12.0. The summed E-state index contributed by atoms with van der Waals surface area (Å²) in [4.78, 5) is 0. The molecule has 0 saturated heterocycles. The Balaban J connectivity index is -0.00000288. The first-order chi connectivity index (χ1) is 12.4. The standard InChI is InChI=1S/C24H50O.2Na/c1-3-5-7-9-11-13-15-17-19-21-23-25-24-22-20-18-16-14-12-10-8-6-4-2;;/h3-24H2,1-2H3;;. The van der Waals surface area contributed by atoms with Gasteiger partial charge in [-0.25, -0.2) is 0 Å². The van der Waals surface area contributed by atoms with Gasteiger partial charge in [0.1, 0.15) is 0 Å². The van der Waals surface area contributed by atoms with Crippen LogP contribution in [-0.2, 0) is 4.74 Å². The van der Waals surface area contributed by atoms with Crippen LogP contribution in [0.1, 0.15) is 142 Å². The summed E-state index contributed by atoms with van der Waals surface area (Å²) in [6, 6.07) is 0. The van der Waals surface area contributed by atoms with Crippen molar-refractivity contribution < 1.29 is 4.74 Å². The van der Waals surface area contributed by atoms with E-state index in [1.54, 1.807) is 0 Å². The minimum Gasteiger partial charge on any atom is -0.381 e. The van der Waals surface area contributed by atoms with Crippen LogP contribution in [0, 0.1) is 0 Å². The van der Waals surface area contributed by atoms with E-state index in [1.165, 1.54) is 128 Å². The van der Waals surface area contributed by atoms with Gasteiger partial charge in [-0.2, -0.15) is 0 Å². The summed E-state index contributed by atoms with van der Waals surface area (Å²) >= 11 is 0. The molecule has 0 aliphatic rings. The molecule has 0 heterocycles. The van der Waals surface area contributed by atoms with Crippen LogP contribution in [0.3, 0.4) is 0 Å². The van der Waals surface area contributed by atoms with Gasteiger partial charge in [0.05, 0.1) is 0 Å². The van der Waals surface area contributed by atoms with E-state index in [0.29, 0.717) is 0 Å². The van der Waals surface area contributed by atoms with Gasteiger partial charge in [0.25, 0.3) is 0 Å². The van der Waals surface area contributed by atoms with Gasteiger partial charge in [0.2, 0.25) is 0 Å². The third kappa shape index (κ3) is 32.8. The van der Waals surface area contributed by atoms with Crippen LogP contribution in [0.5, 0.6) is 0 Å². The molecule has 0 rings (SSSR count). The normalized spacial score (nSPS) is 10.4. The third-order valence-electron chi connectivity index (χ3n) is 5.28. The van der Waals surface area contributed by atoms with Crippen molar-refractivity contribution in [2.75, 3.05) is 13.2 Å². The zero-order valence-corrected chi connectivity index (χ0v) is 24.0. The molecule has 0 unspecified atom stereocenters. The smallest absolute Gasteiger partial charge is 0.0466 e. The fourth-order valence-electron chi connectivity index (χ4n) is 3.49. The fourth-order valence-corrected chi connectivity index (χ4v) is 3.49. The number of unbranched alkanes of at least 4 members (excludes halogenated alkanes) is 18. The average molecular weight is 401 g/mol. The second-order valence-electron chi connectivity index (χ2n) is 7.98. The van der Waals surface area contributed by atoms with Crippen LogP contribution in [0.25, 0.3) is 0 Å². The molecule has 1 nitrogen and oxygen atoms in total. The molecule has 0 aromatic heterocycles. The molecule has 0 aromatic carbocycles. The topological polar surface area (TPSA) is 9.23 Å². The molecule has 0 amide bonds. The van der Waals surface area contributed by atoms with Crippen LogP contribution in [0.15, 0.2) is 0 Å². The Labute approximate surface area is 217 Å². The molecule has 0 bridgehead atoms. The SMILES string of the molecule is CCCCCCCCCCCCOCCCCCCCCCCCC.[Na].[Na]. The van der Waals surface area contributed by atoms with Crippen molar-refractivity contribution in [1.29, 1.82) is 0 Å². The average Bonchev–Trinajstić information content (AvgIpc) is 2.63. The molecule has 3 heteroatoms. The molecule has 0 saturated carbocycles. The molecule has 0 atom stereocenters. The third-order valence-corrected chi connectivity index (χ3v) is 5.28. The molecule has 0 aromatic rings. The molecule has 0 aliphatic carbocycles. The van der Waals surface area contributed by atoms with Crippen LogP contribution < -0.4 is 0 Å². The number of hydrogen-bond donors (Lipinski definition) is 0. The van der Waals surface area contributed by atoms with Crippen molar-refractivity contribution >= 4 is 59.1 Å². The molecular weight excluding hydrogens is 350 g/mol. The monoisotopic (exact) mass is 400 g/mol. The van der Waals surface area contributed by atoms with Gasteiger partial charge in [0.15, 0.2) is 0 Å². The van der Waals surface area contributed by atoms with Gasteiger partial charge in [-0.05, 0) is 12.8 Å². The summed E-state index contributed by atoms with van der Waals surface area (Å²) in [5.41, 5.74) is 0. The zero-order chi connectivity index (χ0) is 18.3. The van der Waals surface area contributed by atoms with Crippen molar-refractivity contribution in [2.24, 2.45) is 0 Å². The van der Waals surface area contributed by atoms with E-state index in [-0.39, 0.29) is 59.1 Å². The minimum absolute atomic E-state index is 0. The van der Waals surface area contributed by atoms with Gasteiger partial charge >= 0.3 is 0 Å². The quantitative estimate of drug-likeness (QED) is 0.132. The van der Waals surface area contributed by atoms with Gasteiger partial charge in [-0.15, -0.1) is 0 Å². The summed E-state index contributed by atoms with van der Waals surface area (Å²) in [6.45, 7) is 6.57. The molecule has 0 N–H and O–H groups in total. The van der Waals surface area contributed by atoms with E-state index >= 15 is 0 Å². The molecule has 0 aliphatic heterocycles. The maximum Gasteiger partial charge on any atom is 0.0466 e. The molecule has 0 fully saturated rings. The van der Waals surface area contributed by atoms with Crippen LogP contribution in [0.4, 0.5) is 0 Å². The number of ether oxygens (including phenoxy) is 1. The Kier molecular flexibility index (Phi) is 40.6. The van der Waals surface area contributed by atoms with Gasteiger partial charge in [-0.3, -0.25) is 0 Å². The molecule has 0 spiro atoms. The predicted molar refractivity (Wildman–Crippen MR) is 126 cm³/mol. The largest absolute Gasteiger partial charge is 0.381 e. The summed E-state index contributed by atoms with van der Waals surface area (Å²) < 4.78 is 5.78. The number of rotatable bonds is 22. The van der Waals surface area contributed by atoms with Crippen molar-refractivity contribution in [3.63, 3.8) is 0 Å². The summed E-state index contributed by atoms with van der Waals surface area (Å²) in [5, 5.41) is 0. The Bertz CT molecular complexity index is 202.